The van der Waals surface area contributed by atoms with Gasteiger partial charge in [-0.15, -0.1) is 10.2 Å². The van der Waals surface area contributed by atoms with E-state index >= 15 is 0 Å². The van der Waals surface area contributed by atoms with Crippen LogP contribution in [0.5, 0.6) is 5.75 Å². The molecule has 3 aromatic carbocycles. The van der Waals surface area contributed by atoms with Gasteiger partial charge in [0.15, 0.2) is 16.8 Å². The highest BCUT2D eigenvalue weighted by molar-refractivity contribution is 7.99. The van der Waals surface area contributed by atoms with E-state index in [0.717, 1.165) is 29.3 Å². The number of carbonyl (C=O) groups excluding carboxylic acids is 1. The molecule has 2 heterocycles. The van der Waals surface area contributed by atoms with Gasteiger partial charge in [0.25, 0.3) is 0 Å². The molecule has 0 aliphatic heterocycles. The summed E-state index contributed by atoms with van der Waals surface area (Å²) in [5, 5.41) is 9.97. The normalized spacial score (nSPS) is 11.6. The number of nitrogens with zero attached hydrogens (tertiary/aromatic N) is 4. The summed E-state index contributed by atoms with van der Waals surface area (Å²) < 4.78 is 47.9. The average molecular weight is 555 g/mol. The van der Waals surface area contributed by atoms with Gasteiger partial charge in [0.05, 0.1) is 17.0 Å². The van der Waals surface area contributed by atoms with Gasteiger partial charge in [0.2, 0.25) is 0 Å². The third kappa shape index (κ3) is 5.66. The Morgan fingerprint density at radius 3 is 2.53 bits per heavy atom. The summed E-state index contributed by atoms with van der Waals surface area (Å²) in [6.45, 7) is -0.0926. The third-order valence-electron chi connectivity index (χ3n) is 5.58. The maximum atomic E-state index is 13.5. The topological polar surface area (TPSA) is 69.9 Å². The van der Waals surface area contributed by atoms with Crippen molar-refractivity contribution in [2.24, 2.45) is 0 Å². The maximum Gasteiger partial charge on any atom is 0.416 e. The van der Waals surface area contributed by atoms with Crippen LogP contribution in [-0.4, -0.2) is 31.3 Å². The molecule has 5 rings (SSSR count). The molecule has 0 aliphatic carbocycles. The largest absolute Gasteiger partial charge is 0.483 e. The first-order chi connectivity index (χ1) is 18.3. The van der Waals surface area contributed by atoms with Crippen LogP contribution in [0.25, 0.3) is 16.6 Å². The number of hydrogen-bond donors (Lipinski definition) is 0. The van der Waals surface area contributed by atoms with E-state index in [2.05, 4.69) is 15.2 Å². The Morgan fingerprint density at radius 2 is 1.74 bits per heavy atom. The molecule has 192 valence electrons. The zero-order chi connectivity index (χ0) is 26.7. The summed E-state index contributed by atoms with van der Waals surface area (Å²) in [6, 6.07) is 20.5. The van der Waals surface area contributed by atoms with Gasteiger partial charge >= 0.3 is 6.18 Å². The molecule has 0 radical (unpaired) electrons. The molecule has 0 saturated carbocycles. The molecule has 6 nitrogen and oxygen atoms in total. The monoisotopic (exact) mass is 554 g/mol. The summed E-state index contributed by atoms with van der Waals surface area (Å²) in [6.07, 6.45) is -2.89. The van der Waals surface area contributed by atoms with E-state index in [4.69, 9.17) is 16.3 Å². The van der Waals surface area contributed by atoms with E-state index in [1.165, 1.54) is 16.7 Å². The molecule has 0 atom stereocenters. The van der Waals surface area contributed by atoms with E-state index < -0.39 is 11.7 Å². The van der Waals surface area contributed by atoms with E-state index in [1.807, 2.05) is 24.3 Å². The van der Waals surface area contributed by atoms with Crippen molar-refractivity contribution >= 4 is 40.0 Å². The van der Waals surface area contributed by atoms with Crippen molar-refractivity contribution in [1.82, 2.24) is 19.7 Å². The number of pyridine rings is 1. The van der Waals surface area contributed by atoms with Crippen LogP contribution in [0.4, 0.5) is 13.2 Å². The van der Waals surface area contributed by atoms with Crippen LogP contribution in [0.2, 0.25) is 5.02 Å². The first-order valence-corrected chi connectivity index (χ1v) is 12.7. The Bertz CT molecular complexity index is 1600. The predicted octanol–water partition coefficient (Wildman–Crippen LogP) is 7.04. The number of ether oxygens (including phenoxy) is 1. The number of benzene rings is 3. The lowest BCUT2D eigenvalue weighted by Gasteiger charge is -2.14. The predicted molar refractivity (Wildman–Crippen MR) is 139 cm³/mol. The molecule has 0 aliphatic rings. The number of para-hydroxylation sites is 1. The lowest BCUT2D eigenvalue weighted by Crippen LogP contribution is -2.10. The van der Waals surface area contributed by atoms with Gasteiger partial charge in [-0.1, -0.05) is 47.6 Å². The molecule has 0 unspecified atom stereocenters. The quantitative estimate of drug-likeness (QED) is 0.151. The number of ketones is 1. The molecule has 2 aromatic heterocycles. The Hall–Kier alpha value is -3.89. The highest BCUT2D eigenvalue weighted by Crippen LogP contribution is 2.32. The molecule has 11 heteroatoms. The smallest absolute Gasteiger partial charge is 0.416 e. The fraction of sp³-hybridized carbons (Fsp3) is 0.111. The number of Topliss-reactive ketones (excluding diaryl/α,β-unsaturated/α-hetero) is 1. The number of fused-ring (bicyclic) bond motifs is 1. The Labute approximate surface area is 224 Å². The molecule has 38 heavy (non-hydrogen) atoms. The van der Waals surface area contributed by atoms with Crippen LogP contribution in [0, 0.1) is 0 Å². The fourth-order valence-corrected chi connectivity index (χ4v) is 4.74. The molecule has 0 spiro atoms. The first kappa shape index (κ1) is 25.7. The van der Waals surface area contributed by atoms with E-state index in [-0.39, 0.29) is 34.8 Å². The molecule has 5 aromatic rings. The number of rotatable bonds is 8. The third-order valence-corrected chi connectivity index (χ3v) is 6.76. The summed E-state index contributed by atoms with van der Waals surface area (Å²) in [5.41, 5.74) is 0.477. The van der Waals surface area contributed by atoms with Gasteiger partial charge in [0.1, 0.15) is 17.9 Å². The van der Waals surface area contributed by atoms with Crippen LogP contribution < -0.4 is 4.74 Å². The van der Waals surface area contributed by atoms with Gasteiger partial charge in [-0.05, 0) is 54.6 Å². The molecular weight excluding hydrogens is 537 g/mol. The summed E-state index contributed by atoms with van der Waals surface area (Å²) in [7, 11) is 0. The van der Waals surface area contributed by atoms with Crippen LogP contribution >= 0.6 is 23.4 Å². The van der Waals surface area contributed by atoms with E-state index in [0.29, 0.717) is 21.9 Å². The zero-order valence-electron chi connectivity index (χ0n) is 19.5. The molecular formula is C27H18ClF3N4O2S. The number of halogens is 4. The molecule has 0 saturated heterocycles. The van der Waals surface area contributed by atoms with Crippen LogP contribution in [-0.2, 0) is 12.8 Å². The standard InChI is InChI=1S/C27H18ClF3N4O2S/c28-20-11-9-17(10-12-20)22(36)16-38-26-34-33-24(35(26)21-7-2-6-19(14-21)27(29,30)31)15-37-23-8-1-4-18-5-3-13-32-25(18)23/h1-14H,15-16H2. The fourth-order valence-electron chi connectivity index (χ4n) is 3.75. The van der Waals surface area contributed by atoms with Gasteiger partial charge in [0, 0.05) is 22.2 Å². The summed E-state index contributed by atoms with van der Waals surface area (Å²) >= 11 is 6.96. The lowest BCUT2D eigenvalue weighted by molar-refractivity contribution is -0.137. The Morgan fingerprint density at radius 1 is 0.974 bits per heavy atom. The number of carbonyl (C=O) groups is 1. The van der Waals surface area contributed by atoms with Crippen LogP contribution in [0.15, 0.2) is 90.2 Å². The number of alkyl halides is 3. The molecule has 0 amide bonds. The number of hydrogen-bond acceptors (Lipinski definition) is 6. The van der Waals surface area contributed by atoms with Crippen molar-refractivity contribution in [1.29, 1.82) is 0 Å². The van der Waals surface area contributed by atoms with Gasteiger partial charge in [-0.3, -0.25) is 14.3 Å². The second kappa shape index (κ2) is 10.8. The molecule has 0 N–H and O–H groups in total. The number of aromatic nitrogens is 4. The number of thioether (sulfide) groups is 1. The minimum absolute atomic E-state index is 0.00712. The van der Waals surface area contributed by atoms with Crippen molar-refractivity contribution in [3.8, 4) is 11.4 Å². The highest BCUT2D eigenvalue weighted by Gasteiger charge is 2.31. The second-order valence-electron chi connectivity index (χ2n) is 8.12. The zero-order valence-corrected chi connectivity index (χ0v) is 21.1. The van der Waals surface area contributed by atoms with Gasteiger partial charge < -0.3 is 4.74 Å². The average Bonchev–Trinajstić information content (AvgIpc) is 3.33. The highest BCUT2D eigenvalue weighted by atomic mass is 35.5. The van der Waals surface area contributed by atoms with Gasteiger partial charge in [-0.25, -0.2) is 0 Å². The lowest BCUT2D eigenvalue weighted by atomic mass is 10.1. The Balaban J connectivity index is 1.46. The van der Waals surface area contributed by atoms with E-state index in [1.54, 1.807) is 36.5 Å². The van der Waals surface area contributed by atoms with Gasteiger partial charge in [-0.2, -0.15) is 13.2 Å². The minimum atomic E-state index is -4.53. The van der Waals surface area contributed by atoms with E-state index in [9.17, 15) is 18.0 Å². The maximum absolute atomic E-state index is 13.5. The van der Waals surface area contributed by atoms with Crippen LogP contribution in [0.3, 0.4) is 0 Å². The van der Waals surface area contributed by atoms with Crippen molar-refractivity contribution in [3.05, 3.63) is 107 Å². The second-order valence-corrected chi connectivity index (χ2v) is 9.50. The summed E-state index contributed by atoms with van der Waals surface area (Å²) in [4.78, 5) is 17.1. The SMILES string of the molecule is O=C(CSc1nnc(COc2cccc3cccnc23)n1-c1cccc(C(F)(F)F)c1)c1ccc(Cl)cc1. The minimum Gasteiger partial charge on any atom is -0.483 e. The first-order valence-electron chi connectivity index (χ1n) is 11.3. The van der Waals surface area contributed by atoms with Crippen molar-refractivity contribution in [2.45, 2.75) is 17.9 Å². The van der Waals surface area contributed by atoms with Crippen molar-refractivity contribution in [2.75, 3.05) is 5.75 Å². The summed E-state index contributed by atoms with van der Waals surface area (Å²) in [5.74, 6) is 0.560. The molecule has 0 fully saturated rings. The van der Waals surface area contributed by atoms with Crippen molar-refractivity contribution in [3.63, 3.8) is 0 Å². The molecule has 0 bridgehead atoms. The Kier molecular flexibility index (Phi) is 7.35. The van der Waals surface area contributed by atoms with Crippen LogP contribution in [0.1, 0.15) is 21.7 Å². The van der Waals surface area contributed by atoms with Crippen molar-refractivity contribution < 1.29 is 22.7 Å².